The molecule has 1 aliphatic carbocycles. The quantitative estimate of drug-likeness (QED) is 0.412. The van der Waals surface area contributed by atoms with Crippen LogP contribution in [-0.4, -0.2) is 32.2 Å². The van der Waals surface area contributed by atoms with Gasteiger partial charge >= 0.3 is 5.69 Å². The van der Waals surface area contributed by atoms with Crippen LogP contribution in [0.2, 0.25) is 0 Å². The Morgan fingerprint density at radius 1 is 1.03 bits per heavy atom. The lowest BCUT2D eigenvalue weighted by molar-refractivity contribution is -0.386. The summed E-state index contributed by atoms with van der Waals surface area (Å²) >= 11 is 0. The van der Waals surface area contributed by atoms with Crippen molar-refractivity contribution in [2.45, 2.75) is 20.4 Å². The molecule has 1 aromatic heterocycles. The number of hydrogen-bond donors (Lipinski definition) is 1. The Hall–Kier alpha value is -4.14. The van der Waals surface area contributed by atoms with Crippen LogP contribution >= 0.6 is 0 Å². The van der Waals surface area contributed by atoms with Crippen molar-refractivity contribution in [1.29, 1.82) is 0 Å². The van der Waals surface area contributed by atoms with Crippen molar-refractivity contribution in [2.24, 2.45) is 0 Å². The molecular weight excluding hydrogens is 388 g/mol. The SMILES string of the molecule is Cc1nn(CC(=O)Nc2cccc3c2C(=O)c2ccccc2C3=O)c(C)c1[N+](=O)[O-]. The minimum atomic E-state index is -0.540. The number of rotatable bonds is 4. The first-order chi connectivity index (χ1) is 14.3. The van der Waals surface area contributed by atoms with E-state index < -0.39 is 10.8 Å². The van der Waals surface area contributed by atoms with E-state index in [1.54, 1.807) is 42.5 Å². The average molecular weight is 404 g/mol. The van der Waals surface area contributed by atoms with Crippen LogP contribution in [-0.2, 0) is 11.3 Å². The van der Waals surface area contributed by atoms with Gasteiger partial charge in [0.05, 0.1) is 16.2 Å². The van der Waals surface area contributed by atoms with E-state index in [2.05, 4.69) is 10.4 Å². The van der Waals surface area contributed by atoms with Crippen LogP contribution in [0.15, 0.2) is 42.5 Å². The predicted octanol–water partition coefficient (Wildman–Crippen LogP) is 2.82. The Bertz CT molecular complexity index is 1260. The molecule has 0 spiro atoms. The zero-order valence-electron chi connectivity index (χ0n) is 16.1. The molecule has 0 fully saturated rings. The standard InChI is InChI=1S/C21H16N4O5/c1-11-19(25(29)30)12(2)24(23-11)10-17(26)22-16-9-5-8-15-18(16)21(28)14-7-4-3-6-13(14)20(15)27/h3-9H,10H2,1-2H3,(H,22,26). The number of nitro groups is 1. The number of anilines is 1. The number of aromatic nitrogens is 2. The van der Waals surface area contributed by atoms with Crippen LogP contribution in [0.5, 0.6) is 0 Å². The zero-order valence-corrected chi connectivity index (χ0v) is 16.1. The van der Waals surface area contributed by atoms with Gasteiger partial charge in [-0.3, -0.25) is 29.2 Å². The van der Waals surface area contributed by atoms with Gasteiger partial charge in [0.2, 0.25) is 5.91 Å². The third-order valence-corrected chi connectivity index (χ3v) is 5.05. The second-order valence-corrected chi connectivity index (χ2v) is 6.91. The van der Waals surface area contributed by atoms with Gasteiger partial charge in [-0.25, -0.2) is 0 Å². The molecule has 1 heterocycles. The average Bonchev–Trinajstić information content (AvgIpc) is 2.99. The molecule has 2 aromatic carbocycles. The van der Waals surface area contributed by atoms with Crippen LogP contribution in [0.3, 0.4) is 0 Å². The van der Waals surface area contributed by atoms with E-state index >= 15 is 0 Å². The topological polar surface area (TPSA) is 124 Å². The summed E-state index contributed by atoms with van der Waals surface area (Å²) in [5.41, 5.74) is 1.49. The highest BCUT2D eigenvalue weighted by molar-refractivity contribution is 6.30. The normalized spacial score (nSPS) is 12.3. The molecule has 1 aliphatic rings. The van der Waals surface area contributed by atoms with Crippen molar-refractivity contribution in [3.63, 3.8) is 0 Å². The molecule has 9 nitrogen and oxygen atoms in total. The van der Waals surface area contributed by atoms with Crippen molar-refractivity contribution in [3.05, 3.63) is 86.2 Å². The van der Waals surface area contributed by atoms with E-state index in [9.17, 15) is 24.5 Å². The maximum Gasteiger partial charge on any atom is 0.312 e. The van der Waals surface area contributed by atoms with Gasteiger partial charge in [0, 0.05) is 16.7 Å². The third-order valence-electron chi connectivity index (χ3n) is 5.05. The van der Waals surface area contributed by atoms with Crippen LogP contribution in [0, 0.1) is 24.0 Å². The number of carbonyl (C=O) groups excluding carboxylic acids is 3. The van der Waals surface area contributed by atoms with Crippen molar-refractivity contribution in [3.8, 4) is 0 Å². The van der Waals surface area contributed by atoms with E-state index in [-0.39, 0.29) is 57.6 Å². The molecule has 1 N–H and O–H groups in total. The van der Waals surface area contributed by atoms with E-state index in [0.717, 1.165) is 0 Å². The Labute approximate surface area is 170 Å². The lowest BCUT2D eigenvalue weighted by Gasteiger charge is -2.20. The van der Waals surface area contributed by atoms with E-state index in [1.165, 1.54) is 18.5 Å². The second-order valence-electron chi connectivity index (χ2n) is 6.91. The van der Waals surface area contributed by atoms with Gasteiger partial charge in [-0.15, -0.1) is 0 Å². The van der Waals surface area contributed by atoms with Crippen LogP contribution in [0.4, 0.5) is 11.4 Å². The van der Waals surface area contributed by atoms with Gasteiger partial charge in [-0.05, 0) is 19.9 Å². The Morgan fingerprint density at radius 3 is 2.30 bits per heavy atom. The van der Waals surface area contributed by atoms with Gasteiger partial charge in [-0.1, -0.05) is 36.4 Å². The molecular formula is C21H16N4O5. The van der Waals surface area contributed by atoms with Crippen LogP contribution < -0.4 is 5.32 Å². The number of benzene rings is 2. The minimum Gasteiger partial charge on any atom is -0.324 e. The third kappa shape index (κ3) is 2.96. The van der Waals surface area contributed by atoms with Crippen LogP contribution in [0.1, 0.15) is 43.2 Å². The van der Waals surface area contributed by atoms with Gasteiger partial charge < -0.3 is 5.32 Å². The fourth-order valence-corrected chi connectivity index (χ4v) is 3.68. The number of amides is 1. The van der Waals surface area contributed by atoms with Gasteiger partial charge in [0.1, 0.15) is 17.9 Å². The summed E-state index contributed by atoms with van der Waals surface area (Å²) in [7, 11) is 0. The van der Waals surface area contributed by atoms with E-state index in [0.29, 0.717) is 5.56 Å². The summed E-state index contributed by atoms with van der Waals surface area (Å²) in [5.74, 6) is -1.16. The molecule has 150 valence electrons. The number of hydrogen-bond acceptors (Lipinski definition) is 6. The van der Waals surface area contributed by atoms with Gasteiger partial charge in [0.25, 0.3) is 0 Å². The van der Waals surface area contributed by atoms with Crippen molar-refractivity contribution in [1.82, 2.24) is 9.78 Å². The Kier molecular flexibility index (Phi) is 4.50. The molecule has 3 aromatic rings. The summed E-state index contributed by atoms with van der Waals surface area (Å²) in [5, 5.41) is 17.8. The van der Waals surface area contributed by atoms with Crippen molar-refractivity contribution < 1.29 is 19.3 Å². The number of ketones is 2. The van der Waals surface area contributed by atoms with Gasteiger partial charge in [-0.2, -0.15) is 5.10 Å². The molecule has 4 rings (SSSR count). The molecule has 0 radical (unpaired) electrons. The summed E-state index contributed by atoms with van der Waals surface area (Å²) in [6.07, 6.45) is 0. The first-order valence-corrected chi connectivity index (χ1v) is 9.09. The monoisotopic (exact) mass is 404 g/mol. The lowest BCUT2D eigenvalue weighted by atomic mass is 9.83. The summed E-state index contributed by atoms with van der Waals surface area (Å²) in [4.78, 5) is 49.0. The molecule has 30 heavy (non-hydrogen) atoms. The number of fused-ring (bicyclic) bond motifs is 2. The fraction of sp³-hybridized carbons (Fsp3) is 0.143. The number of aryl methyl sites for hydroxylation is 1. The first-order valence-electron chi connectivity index (χ1n) is 9.09. The van der Waals surface area contributed by atoms with Crippen LogP contribution in [0.25, 0.3) is 0 Å². The highest BCUT2D eigenvalue weighted by Gasteiger charge is 2.32. The highest BCUT2D eigenvalue weighted by Crippen LogP contribution is 2.32. The van der Waals surface area contributed by atoms with E-state index in [1.807, 2.05) is 0 Å². The highest BCUT2D eigenvalue weighted by atomic mass is 16.6. The van der Waals surface area contributed by atoms with E-state index in [4.69, 9.17) is 0 Å². The largest absolute Gasteiger partial charge is 0.324 e. The van der Waals surface area contributed by atoms with Crippen molar-refractivity contribution >= 4 is 28.8 Å². The summed E-state index contributed by atoms with van der Waals surface area (Å²) in [6.45, 7) is 2.73. The molecule has 0 aliphatic heterocycles. The Morgan fingerprint density at radius 2 is 1.67 bits per heavy atom. The lowest BCUT2D eigenvalue weighted by Crippen LogP contribution is -2.25. The second kappa shape index (κ2) is 7.03. The number of nitrogens with one attached hydrogen (secondary N) is 1. The van der Waals surface area contributed by atoms with Gasteiger partial charge in [0.15, 0.2) is 11.6 Å². The minimum absolute atomic E-state index is 0.133. The summed E-state index contributed by atoms with van der Waals surface area (Å²) < 4.78 is 1.24. The summed E-state index contributed by atoms with van der Waals surface area (Å²) in [6, 6.07) is 11.2. The molecule has 0 saturated carbocycles. The molecule has 9 heteroatoms. The maximum atomic E-state index is 13.0. The molecule has 1 amide bonds. The molecule has 0 unspecified atom stereocenters. The zero-order chi connectivity index (χ0) is 21.6. The number of nitrogens with zero attached hydrogens (tertiary/aromatic N) is 3. The molecule has 0 saturated heterocycles. The first kappa shape index (κ1) is 19.2. The van der Waals surface area contributed by atoms with Crippen molar-refractivity contribution in [2.75, 3.05) is 5.32 Å². The maximum absolute atomic E-state index is 13.0. The Balaban J connectivity index is 1.65. The molecule has 0 bridgehead atoms. The number of carbonyl (C=O) groups is 3. The predicted molar refractivity (Wildman–Crippen MR) is 107 cm³/mol. The smallest absolute Gasteiger partial charge is 0.312 e. The molecule has 0 atom stereocenters. The fourth-order valence-electron chi connectivity index (χ4n) is 3.68.